The van der Waals surface area contributed by atoms with Crippen molar-refractivity contribution in [3.05, 3.63) is 83.9 Å². The van der Waals surface area contributed by atoms with E-state index in [4.69, 9.17) is 0 Å². The third-order valence-corrected chi connectivity index (χ3v) is 7.14. The molecule has 3 heterocycles. The maximum Gasteiger partial charge on any atom is 0.416 e. The van der Waals surface area contributed by atoms with E-state index in [2.05, 4.69) is 9.97 Å². The number of hydrogen-bond donors (Lipinski definition) is 0. The Morgan fingerprint density at radius 1 is 1.03 bits per heavy atom. The number of alkyl halides is 3. The van der Waals surface area contributed by atoms with Crippen molar-refractivity contribution < 1.29 is 26.4 Å². The first-order valence-electron chi connectivity index (χ1n) is 10.1. The average molecular weight is 486 g/mol. The lowest BCUT2D eigenvalue weighted by Gasteiger charge is -2.24. The molecule has 0 aliphatic carbocycles. The highest BCUT2D eigenvalue weighted by Crippen LogP contribution is 2.35. The highest BCUT2D eigenvalue weighted by atomic mass is 32.2. The second-order valence-electron chi connectivity index (χ2n) is 8.01. The first-order chi connectivity index (χ1) is 16.0. The summed E-state index contributed by atoms with van der Waals surface area (Å²) >= 11 is 0. The number of fused-ring (bicyclic) bond motifs is 2. The van der Waals surface area contributed by atoms with Gasteiger partial charge in [0.25, 0.3) is 5.91 Å². The number of hydrogen-bond acceptors (Lipinski definition) is 5. The molecular formula is C23H17F3N4O3S. The molecule has 2 aromatic carbocycles. The molecule has 1 unspecified atom stereocenters. The van der Waals surface area contributed by atoms with Crippen molar-refractivity contribution in [2.75, 3.05) is 11.2 Å². The smallest absolute Gasteiger partial charge is 0.296 e. The van der Waals surface area contributed by atoms with Crippen LogP contribution in [0.2, 0.25) is 0 Å². The summed E-state index contributed by atoms with van der Waals surface area (Å²) in [5.41, 5.74) is 1.74. The monoisotopic (exact) mass is 486 g/mol. The van der Waals surface area contributed by atoms with Crippen LogP contribution in [0, 0.1) is 0 Å². The van der Waals surface area contributed by atoms with Crippen molar-refractivity contribution in [1.29, 1.82) is 0 Å². The predicted octanol–water partition coefficient (Wildman–Crippen LogP) is 3.99. The van der Waals surface area contributed by atoms with Gasteiger partial charge in [0, 0.05) is 30.1 Å². The number of imidazole rings is 1. The zero-order chi connectivity index (χ0) is 24.3. The summed E-state index contributed by atoms with van der Waals surface area (Å²) in [7, 11) is -3.61. The summed E-state index contributed by atoms with van der Waals surface area (Å²) in [6, 6.07) is 11.5. The third-order valence-electron chi connectivity index (χ3n) is 5.77. The Labute approximate surface area is 192 Å². The lowest BCUT2D eigenvalue weighted by atomic mass is 10.1. The topological polar surface area (TPSA) is 84.6 Å². The molecule has 0 spiro atoms. The molecule has 1 aliphatic rings. The molecule has 0 radical (unpaired) electrons. The summed E-state index contributed by atoms with van der Waals surface area (Å²) in [5.74, 6) is -0.602. The fourth-order valence-electron chi connectivity index (χ4n) is 4.10. The number of amides is 1. The maximum absolute atomic E-state index is 13.5. The van der Waals surface area contributed by atoms with Gasteiger partial charge < -0.3 is 0 Å². The largest absolute Gasteiger partial charge is 0.416 e. The number of carbonyl (C=O) groups is 1. The molecule has 34 heavy (non-hydrogen) atoms. The molecule has 11 heteroatoms. The number of sulfone groups is 1. The van der Waals surface area contributed by atoms with E-state index in [0.29, 0.717) is 22.6 Å². The van der Waals surface area contributed by atoms with E-state index < -0.39 is 32.9 Å². The van der Waals surface area contributed by atoms with Gasteiger partial charge in [-0.1, -0.05) is 30.3 Å². The fourth-order valence-corrected chi connectivity index (χ4v) is 5.18. The van der Waals surface area contributed by atoms with Crippen LogP contribution < -0.4 is 4.90 Å². The number of carbonyl (C=O) groups excluding carboxylic acids is 1. The summed E-state index contributed by atoms with van der Waals surface area (Å²) < 4.78 is 65.2. The van der Waals surface area contributed by atoms with Crippen molar-refractivity contribution >= 4 is 27.1 Å². The molecule has 1 aliphatic heterocycles. The second kappa shape index (κ2) is 7.66. The Bertz CT molecular complexity index is 1530. The molecule has 0 bridgehead atoms. The molecule has 7 nitrogen and oxygen atoms in total. The van der Waals surface area contributed by atoms with Gasteiger partial charge in [-0.05, 0) is 23.8 Å². The Balaban J connectivity index is 1.57. The van der Waals surface area contributed by atoms with Gasteiger partial charge in [-0.15, -0.1) is 0 Å². The first-order valence-corrected chi connectivity index (χ1v) is 12.1. The number of nitrogens with zero attached hydrogens (tertiary/aromatic N) is 4. The minimum absolute atomic E-state index is 0.0241. The van der Waals surface area contributed by atoms with Gasteiger partial charge in [-0.3, -0.25) is 14.1 Å². The average Bonchev–Trinajstić information content (AvgIpc) is 3.39. The summed E-state index contributed by atoms with van der Waals surface area (Å²) in [6.45, 7) is 0. The molecule has 0 fully saturated rings. The number of anilines is 1. The van der Waals surface area contributed by atoms with Gasteiger partial charge >= 0.3 is 6.18 Å². The molecule has 1 amide bonds. The van der Waals surface area contributed by atoms with Gasteiger partial charge in [0.15, 0.2) is 15.5 Å². The molecule has 1 atom stereocenters. The quantitative estimate of drug-likeness (QED) is 0.437. The Hall–Kier alpha value is -3.73. The standard InChI is InChI=1S/C23H17F3N4O3S/c1-34(32,33)21-10-15-4-2-3-5-18(15)30(21)22(31)17-13-29-19(11-28-20(29)12-27-17)14-6-8-16(9-7-14)23(24,25)26/h2-9,11-13,21H,10H2,1H3. The van der Waals surface area contributed by atoms with E-state index in [-0.39, 0.29) is 12.1 Å². The summed E-state index contributed by atoms with van der Waals surface area (Å²) in [6.07, 6.45) is 1.04. The van der Waals surface area contributed by atoms with Crippen LogP contribution in [0.15, 0.2) is 67.1 Å². The van der Waals surface area contributed by atoms with E-state index in [1.165, 1.54) is 35.6 Å². The van der Waals surface area contributed by atoms with Crippen LogP contribution in [0.3, 0.4) is 0 Å². The summed E-state index contributed by atoms with van der Waals surface area (Å²) in [4.78, 5) is 23.1. The van der Waals surface area contributed by atoms with Crippen molar-refractivity contribution in [1.82, 2.24) is 14.4 Å². The molecule has 0 saturated heterocycles. The summed E-state index contributed by atoms with van der Waals surface area (Å²) in [5, 5.41) is -1.06. The van der Waals surface area contributed by atoms with E-state index >= 15 is 0 Å². The Kier molecular flexibility index (Phi) is 4.97. The molecule has 174 valence electrons. The molecule has 0 N–H and O–H groups in total. The lowest BCUT2D eigenvalue weighted by molar-refractivity contribution is -0.137. The van der Waals surface area contributed by atoms with Crippen molar-refractivity contribution in [2.45, 2.75) is 18.0 Å². The minimum Gasteiger partial charge on any atom is -0.296 e. The normalized spacial score (nSPS) is 16.1. The first kappa shape index (κ1) is 22.1. The molecular weight excluding hydrogens is 469 g/mol. The van der Waals surface area contributed by atoms with Crippen LogP contribution in [0.1, 0.15) is 21.6 Å². The van der Waals surface area contributed by atoms with Crippen LogP contribution in [0.5, 0.6) is 0 Å². The van der Waals surface area contributed by atoms with Crippen LogP contribution in [-0.4, -0.2) is 40.3 Å². The number of para-hydroxylation sites is 1. The van der Waals surface area contributed by atoms with Crippen molar-refractivity contribution in [3.8, 4) is 11.3 Å². The van der Waals surface area contributed by atoms with Gasteiger partial charge in [0.1, 0.15) is 11.1 Å². The van der Waals surface area contributed by atoms with Crippen LogP contribution in [0.25, 0.3) is 16.9 Å². The number of halogens is 3. The van der Waals surface area contributed by atoms with Crippen molar-refractivity contribution in [2.24, 2.45) is 0 Å². The number of benzene rings is 2. The Morgan fingerprint density at radius 2 is 1.74 bits per heavy atom. The van der Waals surface area contributed by atoms with E-state index in [1.807, 2.05) is 0 Å². The SMILES string of the molecule is CS(=O)(=O)C1Cc2ccccc2N1C(=O)c1cn2c(-c3ccc(C(F)(F)F)cc3)cnc2cn1. The van der Waals surface area contributed by atoms with Crippen LogP contribution >= 0.6 is 0 Å². The van der Waals surface area contributed by atoms with Crippen LogP contribution in [0.4, 0.5) is 18.9 Å². The van der Waals surface area contributed by atoms with E-state index in [1.54, 1.807) is 28.7 Å². The second-order valence-corrected chi connectivity index (χ2v) is 10.2. The third kappa shape index (κ3) is 3.71. The molecule has 4 aromatic rings. The lowest BCUT2D eigenvalue weighted by Crippen LogP contribution is -2.42. The zero-order valence-corrected chi connectivity index (χ0v) is 18.5. The number of rotatable bonds is 3. The zero-order valence-electron chi connectivity index (χ0n) is 17.7. The minimum atomic E-state index is -4.45. The molecule has 5 rings (SSSR count). The molecule has 2 aromatic heterocycles. The highest BCUT2D eigenvalue weighted by molar-refractivity contribution is 7.91. The van der Waals surface area contributed by atoms with E-state index in [9.17, 15) is 26.4 Å². The predicted molar refractivity (Wildman–Crippen MR) is 119 cm³/mol. The van der Waals surface area contributed by atoms with Gasteiger partial charge in [0.2, 0.25) is 0 Å². The number of aromatic nitrogens is 3. The van der Waals surface area contributed by atoms with Gasteiger partial charge in [0.05, 0.1) is 23.7 Å². The highest BCUT2D eigenvalue weighted by Gasteiger charge is 2.40. The fraction of sp³-hybridized carbons (Fsp3) is 0.174. The van der Waals surface area contributed by atoms with Gasteiger partial charge in [-0.2, -0.15) is 13.2 Å². The van der Waals surface area contributed by atoms with Crippen molar-refractivity contribution in [3.63, 3.8) is 0 Å². The maximum atomic E-state index is 13.5. The van der Waals surface area contributed by atoms with Gasteiger partial charge in [-0.25, -0.2) is 18.4 Å². The Morgan fingerprint density at radius 3 is 2.41 bits per heavy atom. The van der Waals surface area contributed by atoms with E-state index in [0.717, 1.165) is 24.0 Å². The molecule has 0 saturated carbocycles. The van der Waals surface area contributed by atoms with Crippen LogP contribution in [-0.2, 0) is 22.4 Å².